The Bertz CT molecular complexity index is 699. The van der Waals surface area contributed by atoms with Gasteiger partial charge < -0.3 is 0 Å². The van der Waals surface area contributed by atoms with E-state index >= 15 is 0 Å². The lowest BCUT2D eigenvalue weighted by atomic mass is 10.3. The predicted molar refractivity (Wildman–Crippen MR) is 236 cm³/mol. The van der Waals surface area contributed by atoms with Gasteiger partial charge in [-0.05, 0) is 71.7 Å². The first-order valence-corrected chi connectivity index (χ1v) is 36.7. The molecule has 0 spiro atoms. The third kappa shape index (κ3) is 18.0. The number of hydrogen-bond acceptors (Lipinski definition) is 0. The van der Waals surface area contributed by atoms with Crippen LogP contribution in [0.4, 0.5) is 0 Å². The lowest BCUT2D eigenvalue weighted by molar-refractivity contribution is 1.52. The minimum absolute atomic E-state index is 0.0139. The van der Waals surface area contributed by atoms with Crippen molar-refractivity contribution in [3.63, 3.8) is 0 Å². The Labute approximate surface area is 264 Å². The fraction of sp³-hybridized carbons (Fsp3) is 0.368. The molecular weight excluding hydrogens is 678 g/mol. The molecule has 202 valence electrons. The van der Waals surface area contributed by atoms with Crippen molar-refractivity contribution in [2.75, 3.05) is 0 Å². The standard InChI is InChI=1S/C6H14Si4.C6H12Si3.C4H20Si5.C3H16Si4/c7-3-1-4(8)6(10)2-5(3)9;7-4-1-5(8)3-6(9)2-4;5-1-9(2-6,3-7)4-8;4-1-7(2-5)3-6/h1-2H,7-10H3;1-3H,7-9H3;1-4H2,5-8H3;7H,1-3H2,4-6H3. The second kappa shape index (κ2) is 22.7. The zero-order valence-corrected chi connectivity index (χ0v) is 56.6. The fourth-order valence-electron chi connectivity index (χ4n) is 4.67. The molecule has 0 aromatic heterocycles. The number of benzene rings is 2. The Balaban J connectivity index is 0. The van der Waals surface area contributed by atoms with E-state index in [1.807, 2.05) is 0 Å². The molecule has 2 aromatic rings. The van der Waals surface area contributed by atoms with E-state index in [9.17, 15) is 0 Å². The minimum Gasteiger partial charge on any atom is -0.0726 e. The first kappa shape index (κ1) is 39.1. The summed E-state index contributed by atoms with van der Waals surface area (Å²) in [6.07, 6.45) is 0. The molecule has 0 aliphatic rings. The van der Waals surface area contributed by atoms with Gasteiger partial charge in [-0.15, -0.1) is 0 Å². The van der Waals surface area contributed by atoms with Gasteiger partial charge in [0.2, 0.25) is 0 Å². The molecule has 0 unspecified atom stereocenters. The SMILES string of the molecule is [SiH3]C[SiH](C[SiH3])C[SiH3].[SiH3]C[Si](C[SiH3])(C[SiH3])C[SiH3].[SiH3]c1cc([SiH3])c([SiH3])cc1[SiH3].[SiH3]c1cc([SiH3])cc([SiH3])c1. The zero-order valence-electron chi connectivity index (χ0n) is 26.4. The van der Waals surface area contributed by atoms with E-state index in [0.717, 1.165) is 0 Å². The van der Waals surface area contributed by atoms with Crippen molar-refractivity contribution in [1.82, 2.24) is 0 Å². The van der Waals surface area contributed by atoms with Crippen LogP contribution in [0.15, 0.2) is 30.3 Å². The highest BCUT2D eigenvalue weighted by Gasteiger charge is 2.22. The van der Waals surface area contributed by atoms with Gasteiger partial charge in [0.15, 0.2) is 0 Å². The summed E-state index contributed by atoms with van der Waals surface area (Å²) in [6.45, 7) is 0. The summed E-state index contributed by atoms with van der Waals surface area (Å²) in [6, 6.07) is 11.9. The van der Waals surface area contributed by atoms with Crippen LogP contribution in [0.3, 0.4) is 0 Å². The van der Waals surface area contributed by atoms with Crippen molar-refractivity contribution in [3.05, 3.63) is 30.3 Å². The molecule has 0 aliphatic carbocycles. The molecule has 0 fully saturated rings. The van der Waals surface area contributed by atoms with Crippen LogP contribution in [0, 0.1) is 0 Å². The van der Waals surface area contributed by atoms with Crippen molar-refractivity contribution in [2.24, 2.45) is 0 Å². The van der Waals surface area contributed by atoms with E-state index in [1.54, 1.807) is 76.0 Å². The molecular formula is C19H62Si16. The third-order valence-electron chi connectivity index (χ3n) is 8.21. The monoisotopic (exact) mass is 738 g/mol. The van der Waals surface area contributed by atoms with E-state index in [0.29, 0.717) is 0 Å². The number of hydrogen-bond donors (Lipinski definition) is 0. The topological polar surface area (TPSA) is 0 Å². The molecule has 0 saturated carbocycles. The molecule has 0 aliphatic heterocycles. The average molecular weight is 740 g/mol. The zero-order chi connectivity index (χ0) is 27.6. The molecule has 0 N–H and O–H groups in total. The molecule has 0 nitrogen and oxygen atoms in total. The largest absolute Gasteiger partial charge is 0.0726 e. The van der Waals surface area contributed by atoms with Crippen LogP contribution >= 0.6 is 0 Å². The Hall–Kier alpha value is 1.91. The van der Waals surface area contributed by atoms with Gasteiger partial charge in [-0.25, -0.2) is 0 Å². The highest BCUT2D eigenvalue weighted by Crippen LogP contribution is 2.18. The molecule has 0 atom stereocenters. The second-order valence-corrected chi connectivity index (χ2v) is 44.3. The first-order valence-electron chi connectivity index (χ1n) is 14.5. The molecule has 0 radical (unpaired) electrons. The van der Waals surface area contributed by atoms with Gasteiger partial charge in [-0.1, -0.05) is 106 Å². The second-order valence-electron chi connectivity index (χ2n) is 10.7. The van der Waals surface area contributed by atoms with Gasteiger partial charge in [-0.3, -0.25) is 0 Å². The maximum absolute atomic E-state index is 2.43. The molecule has 0 amide bonds. The van der Waals surface area contributed by atoms with E-state index < -0.39 is 8.07 Å². The quantitative estimate of drug-likeness (QED) is 0.248. The lowest BCUT2D eigenvalue weighted by Crippen LogP contribution is -2.38. The van der Waals surface area contributed by atoms with Gasteiger partial charge in [0.1, 0.15) is 0 Å². The van der Waals surface area contributed by atoms with Crippen molar-refractivity contribution in [1.29, 1.82) is 0 Å². The molecule has 16 heteroatoms. The van der Waals surface area contributed by atoms with E-state index in [2.05, 4.69) is 30.3 Å². The Morgan fingerprint density at radius 3 is 0.771 bits per heavy atom. The van der Waals surface area contributed by atoms with Crippen LogP contribution < -0.4 is 36.3 Å². The van der Waals surface area contributed by atoms with Crippen LogP contribution in [-0.4, -0.2) is 160 Å². The Morgan fingerprint density at radius 2 is 0.657 bits per heavy atom. The van der Waals surface area contributed by atoms with Gasteiger partial charge in [0, 0.05) is 88.6 Å². The van der Waals surface area contributed by atoms with Crippen LogP contribution in [0.2, 0.25) is 39.7 Å². The highest BCUT2D eigenvalue weighted by atomic mass is 28.4. The molecule has 2 rings (SSSR count). The summed E-state index contributed by atoms with van der Waals surface area (Å²) in [7, 11) is 18.7. The summed E-state index contributed by atoms with van der Waals surface area (Å²) >= 11 is 0. The highest BCUT2D eigenvalue weighted by molar-refractivity contribution is 6.94. The maximum atomic E-state index is 2.43. The normalized spacial score (nSPS) is 13.8. The Morgan fingerprint density at radius 1 is 0.429 bits per heavy atom. The smallest absolute Gasteiger partial charge is 0.0399 e. The van der Waals surface area contributed by atoms with E-state index in [-0.39, 0.29) is 8.80 Å². The van der Waals surface area contributed by atoms with Gasteiger partial charge in [0.25, 0.3) is 0 Å². The van der Waals surface area contributed by atoms with Crippen molar-refractivity contribution >= 4 is 197 Å². The molecule has 0 saturated heterocycles. The fourth-order valence-corrected chi connectivity index (χ4v) is 74.1. The summed E-state index contributed by atoms with van der Waals surface area (Å²) < 4.78 is 0. The minimum atomic E-state index is -0.444. The summed E-state index contributed by atoms with van der Waals surface area (Å²) in [4.78, 5) is 0. The van der Waals surface area contributed by atoms with Crippen LogP contribution in [0.5, 0.6) is 0 Å². The first-order chi connectivity index (χ1) is 16.4. The van der Waals surface area contributed by atoms with Gasteiger partial charge in [0.05, 0.1) is 0 Å². The van der Waals surface area contributed by atoms with Crippen LogP contribution in [0.25, 0.3) is 0 Å². The predicted octanol–water partition coefficient (Wildman–Crippen LogP) is -16.8. The molecule has 2 aromatic carbocycles. The lowest BCUT2D eigenvalue weighted by Gasteiger charge is -2.25. The number of rotatable bonds is 7. The van der Waals surface area contributed by atoms with Crippen LogP contribution in [0.1, 0.15) is 0 Å². The summed E-state index contributed by atoms with van der Waals surface area (Å²) in [5.41, 5.74) is 12.0. The van der Waals surface area contributed by atoms with Gasteiger partial charge in [-0.2, -0.15) is 0 Å². The maximum Gasteiger partial charge on any atom is 0.0399 e. The molecule has 35 heavy (non-hydrogen) atoms. The van der Waals surface area contributed by atoms with Crippen molar-refractivity contribution in [2.45, 2.75) is 39.7 Å². The summed E-state index contributed by atoms with van der Waals surface area (Å²) in [5.74, 6) is 0. The van der Waals surface area contributed by atoms with Crippen molar-refractivity contribution in [3.8, 4) is 0 Å². The molecule has 0 bridgehead atoms. The average Bonchev–Trinajstić information content (AvgIpc) is 2.81. The Kier molecular flexibility index (Phi) is 25.3. The van der Waals surface area contributed by atoms with Gasteiger partial charge >= 0.3 is 0 Å². The molecule has 0 heterocycles. The van der Waals surface area contributed by atoms with Crippen LogP contribution in [-0.2, 0) is 0 Å². The third-order valence-corrected chi connectivity index (χ3v) is 54.1. The van der Waals surface area contributed by atoms with E-state index in [4.69, 9.17) is 0 Å². The van der Waals surface area contributed by atoms with E-state index in [1.165, 1.54) is 143 Å². The summed E-state index contributed by atoms with van der Waals surface area (Å²) in [5, 5.41) is 11.3. The van der Waals surface area contributed by atoms with Crippen molar-refractivity contribution < 1.29 is 0 Å².